The predicted molar refractivity (Wildman–Crippen MR) is 162 cm³/mol. The van der Waals surface area contributed by atoms with Crippen LogP contribution in [0.2, 0.25) is 0 Å². The molecule has 0 unspecified atom stereocenters. The van der Waals surface area contributed by atoms with Crippen molar-refractivity contribution < 1.29 is 19.4 Å². The molecule has 2 aromatic heterocycles. The van der Waals surface area contributed by atoms with Gasteiger partial charge in [-0.1, -0.05) is 68.7 Å². The third-order valence-corrected chi connectivity index (χ3v) is 8.40. The van der Waals surface area contributed by atoms with E-state index in [0.717, 1.165) is 51.6 Å². The van der Waals surface area contributed by atoms with Gasteiger partial charge in [0, 0.05) is 18.1 Å². The summed E-state index contributed by atoms with van der Waals surface area (Å²) in [5.41, 5.74) is 2.96. The molecule has 0 saturated carbocycles. The SMILES string of the molecule is CCCCCCOc1ccc(-c2sc3c(OC)c(Cc4cccc5ccccc45)cc(=O)n3c2C(=O)O)cc1C. The first-order chi connectivity index (χ1) is 19.4. The van der Waals surface area contributed by atoms with Crippen molar-refractivity contribution in [2.24, 2.45) is 0 Å². The summed E-state index contributed by atoms with van der Waals surface area (Å²) < 4.78 is 13.1. The van der Waals surface area contributed by atoms with Crippen LogP contribution in [0.25, 0.3) is 26.0 Å². The number of carboxylic acid groups (broad SMARTS) is 1. The molecule has 0 aliphatic carbocycles. The van der Waals surface area contributed by atoms with Gasteiger partial charge in [0.1, 0.15) is 10.6 Å². The average Bonchev–Trinajstić information content (AvgIpc) is 3.36. The van der Waals surface area contributed by atoms with Crippen molar-refractivity contribution in [1.82, 2.24) is 4.40 Å². The van der Waals surface area contributed by atoms with Gasteiger partial charge in [0.05, 0.1) is 18.6 Å². The number of fused-ring (bicyclic) bond motifs is 2. The van der Waals surface area contributed by atoms with Gasteiger partial charge in [-0.05, 0) is 59.0 Å². The number of carbonyl (C=O) groups is 1. The molecule has 40 heavy (non-hydrogen) atoms. The molecule has 6 nitrogen and oxygen atoms in total. The summed E-state index contributed by atoms with van der Waals surface area (Å²) in [5, 5.41) is 12.4. The summed E-state index contributed by atoms with van der Waals surface area (Å²) in [7, 11) is 1.56. The van der Waals surface area contributed by atoms with E-state index in [9.17, 15) is 14.7 Å². The second kappa shape index (κ2) is 12.0. The lowest BCUT2D eigenvalue weighted by Gasteiger charge is -2.12. The molecule has 206 valence electrons. The quantitative estimate of drug-likeness (QED) is 0.169. The fourth-order valence-corrected chi connectivity index (χ4v) is 6.52. The molecular formula is C33H33NO5S. The zero-order valence-electron chi connectivity index (χ0n) is 23.0. The fraction of sp³-hybridized carbons (Fsp3) is 0.273. The Kier molecular flexibility index (Phi) is 8.21. The molecule has 5 rings (SSSR count). The van der Waals surface area contributed by atoms with Crippen LogP contribution in [-0.4, -0.2) is 29.2 Å². The minimum absolute atomic E-state index is 0.0624. The van der Waals surface area contributed by atoms with E-state index in [1.165, 1.54) is 34.6 Å². The number of aromatic carboxylic acids is 1. The van der Waals surface area contributed by atoms with Crippen molar-refractivity contribution >= 4 is 32.9 Å². The molecule has 1 N–H and O–H groups in total. The highest BCUT2D eigenvalue weighted by Crippen LogP contribution is 2.40. The van der Waals surface area contributed by atoms with E-state index in [2.05, 4.69) is 25.1 Å². The smallest absolute Gasteiger partial charge is 0.354 e. The van der Waals surface area contributed by atoms with Gasteiger partial charge in [0.15, 0.2) is 11.4 Å². The van der Waals surface area contributed by atoms with Crippen LogP contribution in [0.15, 0.2) is 71.5 Å². The summed E-state index contributed by atoms with van der Waals surface area (Å²) in [6.45, 7) is 4.78. The number of aromatic nitrogens is 1. The monoisotopic (exact) mass is 555 g/mol. The first-order valence-corrected chi connectivity index (χ1v) is 14.4. The summed E-state index contributed by atoms with van der Waals surface area (Å²) >= 11 is 1.26. The molecule has 0 aliphatic rings. The van der Waals surface area contributed by atoms with E-state index in [1.54, 1.807) is 7.11 Å². The summed E-state index contributed by atoms with van der Waals surface area (Å²) in [5.74, 6) is 0.126. The van der Waals surface area contributed by atoms with Gasteiger partial charge in [-0.15, -0.1) is 11.3 Å². The summed E-state index contributed by atoms with van der Waals surface area (Å²) in [6.07, 6.45) is 4.98. The van der Waals surface area contributed by atoms with Gasteiger partial charge in [-0.25, -0.2) is 4.79 Å². The van der Waals surface area contributed by atoms with E-state index < -0.39 is 11.5 Å². The lowest BCUT2D eigenvalue weighted by atomic mass is 9.98. The van der Waals surface area contributed by atoms with Gasteiger partial charge < -0.3 is 14.6 Å². The highest BCUT2D eigenvalue weighted by Gasteiger charge is 2.25. The number of nitrogens with zero attached hydrogens (tertiary/aromatic N) is 1. The van der Waals surface area contributed by atoms with Gasteiger partial charge in [-0.2, -0.15) is 0 Å². The highest BCUT2D eigenvalue weighted by molar-refractivity contribution is 7.21. The molecule has 7 heteroatoms. The van der Waals surface area contributed by atoms with E-state index in [1.807, 2.05) is 49.4 Å². The molecule has 0 fully saturated rings. The van der Waals surface area contributed by atoms with Crippen molar-refractivity contribution in [3.8, 4) is 21.9 Å². The Morgan fingerprint density at radius 3 is 2.52 bits per heavy atom. The third kappa shape index (κ3) is 5.34. The molecule has 2 heterocycles. The number of hydrogen-bond acceptors (Lipinski definition) is 5. The maximum Gasteiger partial charge on any atom is 0.354 e. The van der Waals surface area contributed by atoms with E-state index in [4.69, 9.17) is 9.47 Å². The van der Waals surface area contributed by atoms with E-state index in [-0.39, 0.29) is 5.69 Å². The number of unbranched alkanes of at least 4 members (excludes halogenated alkanes) is 3. The minimum atomic E-state index is -1.17. The Balaban J connectivity index is 1.57. The zero-order valence-corrected chi connectivity index (χ0v) is 23.8. The Labute approximate surface area is 237 Å². The first-order valence-electron chi connectivity index (χ1n) is 13.6. The van der Waals surface area contributed by atoms with Crippen LogP contribution in [0.1, 0.15) is 59.8 Å². The van der Waals surface area contributed by atoms with Crippen LogP contribution in [-0.2, 0) is 6.42 Å². The van der Waals surface area contributed by atoms with Crippen molar-refractivity contribution in [1.29, 1.82) is 0 Å². The van der Waals surface area contributed by atoms with Gasteiger partial charge in [0.25, 0.3) is 5.56 Å². The number of thiazole rings is 1. The van der Waals surface area contributed by atoms with Crippen LogP contribution in [0, 0.1) is 6.92 Å². The molecule has 0 saturated heterocycles. The number of pyridine rings is 1. The number of hydrogen-bond donors (Lipinski definition) is 1. The minimum Gasteiger partial charge on any atom is -0.493 e. The molecule has 5 aromatic rings. The second-order valence-corrected chi connectivity index (χ2v) is 11.0. The maximum atomic E-state index is 13.4. The first kappa shape index (κ1) is 27.5. The molecule has 0 aliphatic heterocycles. The van der Waals surface area contributed by atoms with E-state index in [0.29, 0.717) is 28.5 Å². The Bertz CT molecular complexity index is 1740. The molecule has 0 radical (unpaired) electrons. The molecule has 3 aromatic carbocycles. The molecular weight excluding hydrogens is 522 g/mol. The second-order valence-electron chi connectivity index (χ2n) is 9.97. The summed E-state index contributed by atoms with van der Waals surface area (Å²) in [4.78, 5) is 26.9. The van der Waals surface area contributed by atoms with Crippen LogP contribution in [0.3, 0.4) is 0 Å². The summed E-state index contributed by atoms with van der Waals surface area (Å²) in [6, 6.07) is 21.4. The normalized spacial score (nSPS) is 11.3. The fourth-order valence-electron chi connectivity index (χ4n) is 5.22. The number of benzene rings is 3. The van der Waals surface area contributed by atoms with E-state index >= 15 is 0 Å². The molecule has 0 bridgehead atoms. The molecule has 0 atom stereocenters. The molecule has 0 amide bonds. The predicted octanol–water partition coefficient (Wildman–Crippen LogP) is 7.75. The van der Waals surface area contributed by atoms with Crippen molar-refractivity contribution in [2.75, 3.05) is 13.7 Å². The number of ether oxygens (including phenoxy) is 2. The number of rotatable bonds is 11. The lowest BCUT2D eigenvalue weighted by Crippen LogP contribution is -2.19. The van der Waals surface area contributed by atoms with Crippen LogP contribution < -0.4 is 15.0 Å². The Morgan fingerprint density at radius 2 is 1.77 bits per heavy atom. The van der Waals surface area contributed by atoms with Crippen LogP contribution >= 0.6 is 11.3 Å². The highest BCUT2D eigenvalue weighted by atomic mass is 32.1. The standard InChI is InChI=1S/C33H33NO5S/c1-4-5-6-9-17-39-27-16-15-24(18-21(27)2)31-29(33(36)37)34-28(35)20-25(30(38-3)32(34)40-31)19-23-13-10-12-22-11-7-8-14-26(22)23/h7-8,10-16,18,20H,4-6,9,17,19H2,1-3H3,(H,36,37). The largest absolute Gasteiger partial charge is 0.493 e. The average molecular weight is 556 g/mol. The number of methoxy groups -OCH3 is 1. The van der Waals surface area contributed by atoms with Gasteiger partial charge >= 0.3 is 5.97 Å². The lowest BCUT2D eigenvalue weighted by molar-refractivity contribution is 0.0690. The topological polar surface area (TPSA) is 77.2 Å². The Hall–Kier alpha value is -4.10. The van der Waals surface area contributed by atoms with Crippen molar-refractivity contribution in [3.63, 3.8) is 0 Å². The number of carboxylic acids is 1. The van der Waals surface area contributed by atoms with Crippen molar-refractivity contribution in [3.05, 3.63) is 99.5 Å². The Morgan fingerprint density at radius 1 is 0.975 bits per heavy atom. The van der Waals surface area contributed by atoms with Gasteiger partial charge in [0.2, 0.25) is 0 Å². The zero-order chi connectivity index (χ0) is 28.2. The molecule has 0 spiro atoms. The third-order valence-electron chi connectivity index (χ3n) is 7.20. The van der Waals surface area contributed by atoms with Crippen LogP contribution in [0.5, 0.6) is 11.5 Å². The van der Waals surface area contributed by atoms with Crippen LogP contribution in [0.4, 0.5) is 0 Å². The maximum absolute atomic E-state index is 13.4. The number of aryl methyl sites for hydroxylation is 1. The van der Waals surface area contributed by atoms with Gasteiger partial charge in [-0.3, -0.25) is 9.20 Å². The van der Waals surface area contributed by atoms with Crippen molar-refractivity contribution in [2.45, 2.75) is 46.0 Å².